The molecule has 6 heteroatoms. The lowest BCUT2D eigenvalue weighted by atomic mass is 10.2. The summed E-state index contributed by atoms with van der Waals surface area (Å²) in [6.45, 7) is 0.812. The maximum atomic E-state index is 12.2. The number of benzene rings is 1. The first-order valence-electron chi connectivity index (χ1n) is 5.67. The number of ether oxygens (including phenoxy) is 1. The fourth-order valence-electron chi connectivity index (χ4n) is 1.94. The molecular weight excluding hydrogens is 256 g/mol. The maximum absolute atomic E-state index is 12.2. The number of hydrogen-bond donors (Lipinski definition) is 1. The van der Waals surface area contributed by atoms with Gasteiger partial charge in [0.05, 0.1) is 22.3 Å². The normalized spacial score (nSPS) is 20.6. The summed E-state index contributed by atoms with van der Waals surface area (Å²) in [6.07, 6.45) is 1.32. The second-order valence-electron chi connectivity index (χ2n) is 4.21. The number of rotatable bonds is 3. The van der Waals surface area contributed by atoms with Crippen LogP contribution in [0.25, 0.3) is 0 Å². The molecule has 0 aliphatic carbocycles. The Labute approximate surface area is 105 Å². The molecule has 1 aromatic rings. The van der Waals surface area contributed by atoms with Gasteiger partial charge in [0.15, 0.2) is 9.84 Å². The number of carboxylic acid groups (broad SMARTS) is 1. The van der Waals surface area contributed by atoms with Crippen molar-refractivity contribution in [2.24, 2.45) is 0 Å². The van der Waals surface area contributed by atoms with Gasteiger partial charge in [-0.1, -0.05) is 0 Å². The van der Waals surface area contributed by atoms with E-state index in [4.69, 9.17) is 9.84 Å². The number of aromatic carboxylic acids is 1. The summed E-state index contributed by atoms with van der Waals surface area (Å²) < 4.78 is 29.7. The highest BCUT2D eigenvalue weighted by Gasteiger charge is 2.29. The fourth-order valence-corrected chi connectivity index (χ4v) is 3.59. The van der Waals surface area contributed by atoms with Crippen LogP contribution >= 0.6 is 0 Å². The topological polar surface area (TPSA) is 80.7 Å². The standard InChI is InChI=1S/C12H14O5S/c13-12(14)9-3-5-10(6-4-9)18(15,16)11-2-1-7-17-8-11/h3-6,11H,1-2,7-8H2,(H,13,14). The van der Waals surface area contributed by atoms with Gasteiger partial charge in [-0.25, -0.2) is 13.2 Å². The summed E-state index contributed by atoms with van der Waals surface area (Å²) in [5.41, 5.74) is 0.0776. The SMILES string of the molecule is O=C(O)c1ccc(S(=O)(=O)C2CCCOC2)cc1. The van der Waals surface area contributed by atoms with Crippen LogP contribution in [0, 0.1) is 0 Å². The smallest absolute Gasteiger partial charge is 0.335 e. The van der Waals surface area contributed by atoms with Crippen molar-refractivity contribution in [3.8, 4) is 0 Å². The Hall–Kier alpha value is -1.40. The molecule has 98 valence electrons. The molecule has 0 radical (unpaired) electrons. The third-order valence-corrected chi connectivity index (χ3v) is 5.17. The summed E-state index contributed by atoms with van der Waals surface area (Å²) in [6, 6.07) is 5.29. The predicted molar refractivity (Wildman–Crippen MR) is 64.4 cm³/mol. The van der Waals surface area contributed by atoms with Crippen LogP contribution in [-0.4, -0.2) is 38.0 Å². The maximum Gasteiger partial charge on any atom is 0.335 e. The van der Waals surface area contributed by atoms with Gasteiger partial charge in [0, 0.05) is 6.61 Å². The van der Waals surface area contributed by atoms with E-state index in [1.807, 2.05) is 0 Å². The van der Waals surface area contributed by atoms with E-state index in [-0.39, 0.29) is 17.1 Å². The Bertz CT molecular complexity index is 526. The van der Waals surface area contributed by atoms with E-state index in [1.165, 1.54) is 24.3 Å². The molecule has 0 bridgehead atoms. The molecule has 0 saturated carbocycles. The third kappa shape index (κ3) is 2.54. The van der Waals surface area contributed by atoms with E-state index in [0.29, 0.717) is 13.0 Å². The molecule has 1 aromatic carbocycles. The zero-order valence-corrected chi connectivity index (χ0v) is 10.5. The van der Waals surface area contributed by atoms with Gasteiger partial charge in [0.2, 0.25) is 0 Å². The molecule has 1 unspecified atom stereocenters. The van der Waals surface area contributed by atoms with Crippen LogP contribution in [0.5, 0.6) is 0 Å². The van der Waals surface area contributed by atoms with Crippen molar-refractivity contribution >= 4 is 15.8 Å². The average molecular weight is 270 g/mol. The van der Waals surface area contributed by atoms with E-state index < -0.39 is 21.1 Å². The molecule has 1 saturated heterocycles. The lowest BCUT2D eigenvalue weighted by Gasteiger charge is -2.22. The largest absolute Gasteiger partial charge is 0.478 e. The van der Waals surface area contributed by atoms with Crippen molar-refractivity contribution in [1.82, 2.24) is 0 Å². The Morgan fingerprint density at radius 3 is 2.44 bits per heavy atom. The summed E-state index contributed by atoms with van der Waals surface area (Å²) in [7, 11) is -3.42. The van der Waals surface area contributed by atoms with Crippen molar-refractivity contribution in [3.63, 3.8) is 0 Å². The Morgan fingerprint density at radius 2 is 1.94 bits per heavy atom. The lowest BCUT2D eigenvalue weighted by Crippen LogP contribution is -2.30. The average Bonchev–Trinajstić information content (AvgIpc) is 2.40. The first-order valence-corrected chi connectivity index (χ1v) is 7.21. The van der Waals surface area contributed by atoms with Crippen LogP contribution in [0.1, 0.15) is 23.2 Å². The molecule has 2 rings (SSSR count). The van der Waals surface area contributed by atoms with Gasteiger partial charge in [-0.2, -0.15) is 0 Å². The van der Waals surface area contributed by atoms with Gasteiger partial charge in [0.1, 0.15) is 0 Å². The molecule has 1 aliphatic rings. The summed E-state index contributed by atoms with van der Waals surface area (Å²) in [5.74, 6) is -1.07. The van der Waals surface area contributed by atoms with Gasteiger partial charge in [-0.3, -0.25) is 0 Å². The molecule has 1 fully saturated rings. The molecule has 1 N–H and O–H groups in total. The molecule has 5 nitrogen and oxygen atoms in total. The zero-order chi connectivity index (χ0) is 13.2. The van der Waals surface area contributed by atoms with Crippen LogP contribution < -0.4 is 0 Å². The molecule has 0 spiro atoms. The van der Waals surface area contributed by atoms with Crippen LogP contribution in [0.4, 0.5) is 0 Å². The molecule has 1 heterocycles. The van der Waals surface area contributed by atoms with Crippen molar-refractivity contribution in [3.05, 3.63) is 29.8 Å². The van der Waals surface area contributed by atoms with Crippen molar-refractivity contribution < 1.29 is 23.1 Å². The second kappa shape index (κ2) is 5.07. The highest BCUT2D eigenvalue weighted by molar-refractivity contribution is 7.92. The molecule has 0 aromatic heterocycles. The Balaban J connectivity index is 2.26. The summed E-state index contributed by atoms with van der Waals surface area (Å²) in [5, 5.41) is 8.23. The van der Waals surface area contributed by atoms with Gasteiger partial charge in [0.25, 0.3) is 0 Å². The van der Waals surface area contributed by atoms with Crippen LogP contribution in [0.15, 0.2) is 29.2 Å². The van der Waals surface area contributed by atoms with E-state index in [9.17, 15) is 13.2 Å². The number of carbonyl (C=O) groups is 1. The van der Waals surface area contributed by atoms with E-state index in [1.54, 1.807) is 0 Å². The van der Waals surface area contributed by atoms with Crippen LogP contribution in [0.2, 0.25) is 0 Å². The molecule has 0 amide bonds. The van der Waals surface area contributed by atoms with Crippen molar-refractivity contribution in [1.29, 1.82) is 0 Å². The minimum absolute atomic E-state index is 0.0776. The predicted octanol–water partition coefficient (Wildman–Crippen LogP) is 1.34. The minimum atomic E-state index is -3.42. The Morgan fingerprint density at radius 1 is 1.28 bits per heavy atom. The highest BCUT2D eigenvalue weighted by Crippen LogP contribution is 2.22. The monoisotopic (exact) mass is 270 g/mol. The van der Waals surface area contributed by atoms with Gasteiger partial charge < -0.3 is 9.84 Å². The van der Waals surface area contributed by atoms with Crippen LogP contribution in [-0.2, 0) is 14.6 Å². The van der Waals surface area contributed by atoms with E-state index >= 15 is 0 Å². The van der Waals surface area contributed by atoms with Crippen molar-refractivity contribution in [2.75, 3.05) is 13.2 Å². The molecule has 18 heavy (non-hydrogen) atoms. The van der Waals surface area contributed by atoms with E-state index in [2.05, 4.69) is 0 Å². The number of carboxylic acids is 1. The zero-order valence-electron chi connectivity index (χ0n) is 9.70. The minimum Gasteiger partial charge on any atom is -0.478 e. The second-order valence-corrected chi connectivity index (χ2v) is 6.44. The van der Waals surface area contributed by atoms with Gasteiger partial charge >= 0.3 is 5.97 Å². The first-order chi connectivity index (χ1) is 8.51. The number of hydrogen-bond acceptors (Lipinski definition) is 4. The Kier molecular flexibility index (Phi) is 3.68. The number of sulfone groups is 1. The first kappa shape index (κ1) is 13.0. The molecule has 1 atom stereocenters. The lowest BCUT2D eigenvalue weighted by molar-refractivity contribution is 0.0696. The highest BCUT2D eigenvalue weighted by atomic mass is 32.2. The quantitative estimate of drug-likeness (QED) is 0.896. The fraction of sp³-hybridized carbons (Fsp3) is 0.417. The molecular formula is C12H14O5S. The molecule has 1 aliphatic heterocycles. The third-order valence-electron chi connectivity index (χ3n) is 2.99. The van der Waals surface area contributed by atoms with E-state index in [0.717, 1.165) is 6.42 Å². The van der Waals surface area contributed by atoms with Gasteiger partial charge in [-0.15, -0.1) is 0 Å². The van der Waals surface area contributed by atoms with Gasteiger partial charge in [-0.05, 0) is 37.1 Å². The van der Waals surface area contributed by atoms with Crippen LogP contribution in [0.3, 0.4) is 0 Å². The van der Waals surface area contributed by atoms with Crippen molar-refractivity contribution in [2.45, 2.75) is 23.0 Å². The summed E-state index contributed by atoms with van der Waals surface area (Å²) >= 11 is 0. The summed E-state index contributed by atoms with van der Waals surface area (Å²) in [4.78, 5) is 10.8.